The predicted molar refractivity (Wildman–Crippen MR) is 77.8 cm³/mol. The van der Waals surface area contributed by atoms with Crippen molar-refractivity contribution < 1.29 is 4.79 Å². The van der Waals surface area contributed by atoms with Gasteiger partial charge in [0.2, 0.25) is 5.91 Å². The van der Waals surface area contributed by atoms with Crippen molar-refractivity contribution in [2.75, 3.05) is 18.8 Å². The van der Waals surface area contributed by atoms with E-state index in [9.17, 15) is 4.79 Å². The number of nitrogens with one attached hydrogen (secondary N) is 2. The highest BCUT2D eigenvalue weighted by Crippen LogP contribution is 2.18. The first kappa shape index (κ1) is 15.1. The van der Waals surface area contributed by atoms with Crippen LogP contribution >= 0.6 is 11.8 Å². The molecule has 0 saturated carbocycles. The zero-order chi connectivity index (χ0) is 13.2. The van der Waals surface area contributed by atoms with Crippen LogP contribution in [0.5, 0.6) is 0 Å². The van der Waals surface area contributed by atoms with Crippen molar-refractivity contribution in [2.45, 2.75) is 31.7 Å². The summed E-state index contributed by atoms with van der Waals surface area (Å²) in [5, 5.41) is 6.18. The summed E-state index contributed by atoms with van der Waals surface area (Å²) in [4.78, 5) is 12.6. The van der Waals surface area contributed by atoms with Crippen molar-refractivity contribution in [2.24, 2.45) is 0 Å². The molecule has 1 amide bonds. The number of benzene rings is 1. The van der Waals surface area contributed by atoms with Crippen molar-refractivity contribution in [1.82, 2.24) is 10.6 Å². The van der Waals surface area contributed by atoms with Gasteiger partial charge in [-0.2, -0.15) is 0 Å². The van der Waals surface area contributed by atoms with Crippen molar-refractivity contribution in [3.8, 4) is 0 Å². The molecule has 1 aromatic carbocycles. The van der Waals surface area contributed by atoms with Gasteiger partial charge in [0.15, 0.2) is 0 Å². The van der Waals surface area contributed by atoms with Crippen LogP contribution in [0.25, 0.3) is 0 Å². The van der Waals surface area contributed by atoms with E-state index >= 15 is 0 Å². The van der Waals surface area contributed by atoms with Gasteiger partial charge in [0.1, 0.15) is 0 Å². The van der Waals surface area contributed by atoms with Gasteiger partial charge < -0.3 is 10.6 Å². The van der Waals surface area contributed by atoms with E-state index in [2.05, 4.69) is 36.6 Å². The molecular weight excluding hydrogens is 244 g/mol. The van der Waals surface area contributed by atoms with Crippen molar-refractivity contribution >= 4 is 17.7 Å². The van der Waals surface area contributed by atoms with Crippen LogP contribution in [0.3, 0.4) is 0 Å². The fraction of sp³-hybridized carbons (Fsp3) is 0.500. The highest BCUT2D eigenvalue weighted by molar-refractivity contribution is 8.00. The molecule has 0 fully saturated rings. The Labute approximate surface area is 114 Å². The van der Waals surface area contributed by atoms with E-state index in [1.54, 1.807) is 11.8 Å². The van der Waals surface area contributed by atoms with Gasteiger partial charge in [-0.1, -0.05) is 26.0 Å². The second-order valence-electron chi connectivity index (χ2n) is 4.07. The maximum atomic E-state index is 11.5. The molecule has 18 heavy (non-hydrogen) atoms. The first-order chi connectivity index (χ1) is 8.76. The van der Waals surface area contributed by atoms with Gasteiger partial charge in [-0.25, -0.2) is 0 Å². The Kier molecular flexibility index (Phi) is 7.53. The van der Waals surface area contributed by atoms with E-state index in [1.807, 2.05) is 12.1 Å². The fourth-order valence-corrected chi connectivity index (χ4v) is 2.29. The van der Waals surface area contributed by atoms with Gasteiger partial charge in [0.25, 0.3) is 0 Å². The molecule has 100 valence electrons. The second kappa shape index (κ2) is 9.00. The van der Waals surface area contributed by atoms with Crippen LogP contribution in [0.2, 0.25) is 0 Å². The number of hydrogen-bond donors (Lipinski definition) is 2. The quantitative estimate of drug-likeness (QED) is 0.710. The predicted octanol–water partition coefficient (Wildman–Crippen LogP) is 2.41. The molecule has 1 rings (SSSR count). The minimum Gasteiger partial charge on any atom is -0.355 e. The van der Waals surface area contributed by atoms with Gasteiger partial charge in [-0.15, -0.1) is 11.8 Å². The summed E-state index contributed by atoms with van der Waals surface area (Å²) >= 11 is 1.59. The van der Waals surface area contributed by atoms with Crippen LogP contribution in [0.4, 0.5) is 0 Å². The van der Waals surface area contributed by atoms with E-state index in [-0.39, 0.29) is 5.91 Å². The topological polar surface area (TPSA) is 41.1 Å². The molecule has 0 aliphatic rings. The molecule has 0 atom stereocenters. The van der Waals surface area contributed by atoms with Crippen molar-refractivity contribution in [3.63, 3.8) is 0 Å². The summed E-state index contributed by atoms with van der Waals surface area (Å²) in [7, 11) is 0. The molecule has 0 bridgehead atoms. The van der Waals surface area contributed by atoms with E-state index in [0.717, 1.165) is 31.0 Å². The Balaban J connectivity index is 2.39. The Morgan fingerprint density at radius 2 is 2.17 bits per heavy atom. The minimum absolute atomic E-state index is 0.110. The molecule has 0 aliphatic heterocycles. The van der Waals surface area contributed by atoms with E-state index in [4.69, 9.17) is 0 Å². The standard InChI is InChI=1S/C14H22N2OS/c1-3-8-16-14(17)11-18-13-7-5-6-12(9-13)10-15-4-2/h5-7,9,15H,3-4,8,10-11H2,1-2H3,(H,16,17). The Hall–Kier alpha value is -1.00. The molecule has 4 heteroatoms. The normalized spacial score (nSPS) is 10.3. The summed E-state index contributed by atoms with van der Waals surface area (Å²) < 4.78 is 0. The molecule has 3 nitrogen and oxygen atoms in total. The van der Waals surface area contributed by atoms with Crippen LogP contribution in [0.1, 0.15) is 25.8 Å². The summed E-state index contributed by atoms with van der Waals surface area (Å²) in [5.41, 5.74) is 1.26. The maximum absolute atomic E-state index is 11.5. The van der Waals surface area contributed by atoms with Gasteiger partial charge in [-0.3, -0.25) is 4.79 Å². The lowest BCUT2D eigenvalue weighted by Gasteiger charge is -2.06. The number of hydrogen-bond acceptors (Lipinski definition) is 3. The monoisotopic (exact) mass is 266 g/mol. The summed E-state index contributed by atoms with van der Waals surface area (Å²) in [6.07, 6.45) is 0.981. The van der Waals surface area contributed by atoms with Crippen LogP contribution in [0.15, 0.2) is 29.2 Å². The average molecular weight is 266 g/mol. The lowest BCUT2D eigenvalue weighted by Crippen LogP contribution is -2.25. The third-order valence-corrected chi connectivity index (χ3v) is 3.41. The number of amides is 1. The zero-order valence-corrected chi connectivity index (χ0v) is 12.0. The van der Waals surface area contributed by atoms with Gasteiger partial charge in [-0.05, 0) is 30.7 Å². The Morgan fingerprint density at radius 1 is 1.33 bits per heavy atom. The molecule has 0 unspecified atom stereocenters. The third kappa shape index (κ3) is 6.07. The van der Waals surface area contributed by atoms with Crippen molar-refractivity contribution in [1.29, 1.82) is 0 Å². The van der Waals surface area contributed by atoms with E-state index < -0.39 is 0 Å². The van der Waals surface area contributed by atoms with Gasteiger partial charge in [0, 0.05) is 18.0 Å². The third-order valence-electron chi connectivity index (χ3n) is 2.42. The van der Waals surface area contributed by atoms with Gasteiger partial charge in [0.05, 0.1) is 5.75 Å². The maximum Gasteiger partial charge on any atom is 0.230 e. The van der Waals surface area contributed by atoms with Crippen LogP contribution in [-0.4, -0.2) is 24.7 Å². The van der Waals surface area contributed by atoms with Gasteiger partial charge >= 0.3 is 0 Å². The fourth-order valence-electron chi connectivity index (χ4n) is 1.48. The zero-order valence-electron chi connectivity index (χ0n) is 11.2. The minimum atomic E-state index is 0.110. The lowest BCUT2D eigenvalue weighted by atomic mass is 10.2. The molecule has 0 saturated heterocycles. The Morgan fingerprint density at radius 3 is 2.89 bits per heavy atom. The molecule has 1 aromatic rings. The van der Waals surface area contributed by atoms with Crippen LogP contribution < -0.4 is 10.6 Å². The number of thioether (sulfide) groups is 1. The summed E-state index contributed by atoms with van der Waals surface area (Å²) in [6.45, 7) is 6.76. The van der Waals surface area contributed by atoms with E-state index in [0.29, 0.717) is 5.75 Å². The second-order valence-corrected chi connectivity index (χ2v) is 5.12. The number of carbonyl (C=O) groups is 1. The highest BCUT2D eigenvalue weighted by Gasteiger charge is 2.02. The SMILES string of the molecule is CCCNC(=O)CSc1cccc(CNCC)c1. The number of carbonyl (C=O) groups excluding carboxylic acids is 1. The molecule has 0 aliphatic carbocycles. The first-order valence-corrected chi connectivity index (χ1v) is 7.44. The summed E-state index contributed by atoms with van der Waals surface area (Å²) in [6, 6.07) is 8.33. The molecule has 0 spiro atoms. The smallest absolute Gasteiger partial charge is 0.230 e. The van der Waals surface area contributed by atoms with Crippen LogP contribution in [-0.2, 0) is 11.3 Å². The Bertz CT molecular complexity index is 369. The molecule has 0 radical (unpaired) electrons. The first-order valence-electron chi connectivity index (χ1n) is 6.45. The molecule has 0 heterocycles. The van der Waals surface area contributed by atoms with Crippen LogP contribution in [0, 0.1) is 0 Å². The largest absolute Gasteiger partial charge is 0.355 e. The average Bonchev–Trinajstić information content (AvgIpc) is 2.41. The van der Waals surface area contributed by atoms with Crippen molar-refractivity contribution in [3.05, 3.63) is 29.8 Å². The molecular formula is C14H22N2OS. The highest BCUT2D eigenvalue weighted by atomic mass is 32.2. The lowest BCUT2D eigenvalue weighted by molar-refractivity contribution is -0.118. The molecule has 0 aromatic heterocycles. The van der Waals surface area contributed by atoms with E-state index in [1.165, 1.54) is 5.56 Å². The molecule has 2 N–H and O–H groups in total. The number of rotatable bonds is 8. The summed E-state index contributed by atoms with van der Waals surface area (Å²) in [5.74, 6) is 0.601.